The molecular weight excluding hydrogens is 290 g/mol. The van der Waals surface area contributed by atoms with Crippen molar-refractivity contribution >= 4 is 28.3 Å². The molecule has 0 saturated carbocycles. The normalized spacial score (nSPS) is 10.3. The maximum absolute atomic E-state index is 11.7. The summed E-state index contributed by atoms with van der Waals surface area (Å²) in [6.45, 7) is 0.378. The van der Waals surface area contributed by atoms with Gasteiger partial charge in [0, 0.05) is 11.9 Å². The second-order valence-electron chi connectivity index (χ2n) is 4.42. The van der Waals surface area contributed by atoms with E-state index in [0.717, 1.165) is 0 Å². The first kappa shape index (κ1) is 15.0. The fourth-order valence-electron chi connectivity index (χ4n) is 1.91. The average molecular weight is 305 g/mol. The van der Waals surface area contributed by atoms with Crippen molar-refractivity contribution in [3.63, 3.8) is 0 Å². The lowest BCUT2D eigenvalue weighted by molar-refractivity contribution is -0.120. The van der Waals surface area contributed by atoms with E-state index in [1.165, 1.54) is 11.3 Å². The number of nitrogens with two attached hydrogens (primary N) is 1. The lowest BCUT2D eigenvalue weighted by atomic mass is 10.0. The Morgan fingerprint density at radius 1 is 1.33 bits per heavy atom. The molecule has 4 N–H and O–H groups in total. The van der Waals surface area contributed by atoms with Gasteiger partial charge in [0.05, 0.1) is 17.7 Å². The molecule has 1 aromatic carbocycles. The highest BCUT2D eigenvalue weighted by Crippen LogP contribution is 2.11. The molecule has 0 fully saturated rings. The number of carboxylic acid groups (broad SMARTS) is 1. The Bertz CT molecular complexity index is 654. The van der Waals surface area contributed by atoms with Crippen LogP contribution in [0.4, 0.5) is 5.13 Å². The Kier molecular flexibility index (Phi) is 4.89. The molecule has 110 valence electrons. The van der Waals surface area contributed by atoms with E-state index in [4.69, 9.17) is 10.8 Å². The van der Waals surface area contributed by atoms with Gasteiger partial charge in [0.2, 0.25) is 5.91 Å². The number of aromatic nitrogens is 1. The number of carbonyl (C=O) groups is 2. The summed E-state index contributed by atoms with van der Waals surface area (Å²) in [5.41, 5.74) is 7.10. The molecule has 0 unspecified atom stereocenters. The van der Waals surface area contributed by atoms with Crippen LogP contribution < -0.4 is 11.1 Å². The number of thiazole rings is 1. The second kappa shape index (κ2) is 6.85. The summed E-state index contributed by atoms with van der Waals surface area (Å²) in [6.07, 6.45) is 0.641. The third-order valence-corrected chi connectivity index (χ3v) is 3.60. The third kappa shape index (κ3) is 4.28. The number of nitrogens with one attached hydrogen (secondary N) is 1. The maximum Gasteiger partial charge on any atom is 0.335 e. The fourth-order valence-corrected chi connectivity index (χ4v) is 2.48. The summed E-state index contributed by atoms with van der Waals surface area (Å²) in [6, 6.07) is 6.76. The molecule has 1 amide bonds. The van der Waals surface area contributed by atoms with E-state index in [1.54, 1.807) is 29.6 Å². The zero-order chi connectivity index (χ0) is 15.2. The third-order valence-electron chi connectivity index (χ3n) is 2.88. The average Bonchev–Trinajstić information content (AvgIpc) is 2.84. The Morgan fingerprint density at radius 2 is 2.10 bits per heavy atom. The van der Waals surface area contributed by atoms with Crippen molar-refractivity contribution in [1.29, 1.82) is 0 Å². The lowest BCUT2D eigenvalue weighted by Gasteiger charge is -2.07. The van der Waals surface area contributed by atoms with Gasteiger partial charge in [0.1, 0.15) is 0 Å². The first-order valence-electron chi connectivity index (χ1n) is 6.34. The van der Waals surface area contributed by atoms with Crippen LogP contribution in [-0.2, 0) is 17.6 Å². The SMILES string of the molecule is Nc1nc(CC(=O)NCCc2ccccc2C(=O)O)cs1. The molecule has 2 aromatic rings. The lowest BCUT2D eigenvalue weighted by Crippen LogP contribution is -2.27. The van der Waals surface area contributed by atoms with Crippen molar-refractivity contribution in [2.24, 2.45) is 0 Å². The molecule has 6 nitrogen and oxygen atoms in total. The van der Waals surface area contributed by atoms with E-state index < -0.39 is 5.97 Å². The molecule has 0 atom stereocenters. The van der Waals surface area contributed by atoms with Crippen LogP contribution in [-0.4, -0.2) is 28.5 Å². The van der Waals surface area contributed by atoms with Crippen molar-refractivity contribution in [3.8, 4) is 0 Å². The molecule has 0 bridgehead atoms. The molecule has 21 heavy (non-hydrogen) atoms. The van der Waals surface area contributed by atoms with Gasteiger partial charge in [0.25, 0.3) is 0 Å². The first-order valence-corrected chi connectivity index (χ1v) is 7.22. The van der Waals surface area contributed by atoms with Gasteiger partial charge in [-0.05, 0) is 18.1 Å². The molecule has 0 saturated heterocycles. The predicted octanol–water partition coefficient (Wildman–Crippen LogP) is 1.32. The van der Waals surface area contributed by atoms with Crippen LogP contribution >= 0.6 is 11.3 Å². The van der Waals surface area contributed by atoms with E-state index in [0.29, 0.717) is 29.4 Å². The Morgan fingerprint density at radius 3 is 2.76 bits per heavy atom. The zero-order valence-corrected chi connectivity index (χ0v) is 12.0. The Hall–Kier alpha value is -2.41. The number of aromatic carboxylic acids is 1. The van der Waals surface area contributed by atoms with Gasteiger partial charge >= 0.3 is 5.97 Å². The molecule has 7 heteroatoms. The minimum atomic E-state index is -0.963. The quantitative estimate of drug-likeness (QED) is 0.746. The number of hydrogen-bond acceptors (Lipinski definition) is 5. The summed E-state index contributed by atoms with van der Waals surface area (Å²) in [4.78, 5) is 26.8. The van der Waals surface area contributed by atoms with Gasteiger partial charge in [0.15, 0.2) is 5.13 Å². The van der Waals surface area contributed by atoms with Gasteiger partial charge in [-0.25, -0.2) is 9.78 Å². The number of anilines is 1. The predicted molar refractivity (Wildman–Crippen MR) is 80.3 cm³/mol. The number of nitrogens with zero attached hydrogens (tertiary/aromatic N) is 1. The molecule has 0 aliphatic carbocycles. The van der Waals surface area contributed by atoms with Crippen LogP contribution in [0.5, 0.6) is 0 Å². The number of rotatable bonds is 6. The summed E-state index contributed by atoms with van der Waals surface area (Å²) >= 11 is 1.29. The highest BCUT2D eigenvalue weighted by atomic mass is 32.1. The molecule has 0 aliphatic heterocycles. The van der Waals surface area contributed by atoms with Crippen molar-refractivity contribution in [1.82, 2.24) is 10.3 Å². The van der Waals surface area contributed by atoms with Gasteiger partial charge < -0.3 is 16.2 Å². The molecule has 1 aromatic heterocycles. The van der Waals surface area contributed by atoms with Crippen molar-refractivity contribution in [2.75, 3.05) is 12.3 Å². The smallest absolute Gasteiger partial charge is 0.335 e. The van der Waals surface area contributed by atoms with E-state index in [9.17, 15) is 9.59 Å². The molecule has 2 rings (SSSR count). The Labute approximate surface area is 125 Å². The van der Waals surface area contributed by atoms with E-state index >= 15 is 0 Å². The van der Waals surface area contributed by atoms with Crippen LogP contribution in [0.25, 0.3) is 0 Å². The molecule has 0 aliphatic rings. The second-order valence-corrected chi connectivity index (χ2v) is 5.31. The summed E-state index contributed by atoms with van der Waals surface area (Å²) in [5, 5.41) is 14.0. The van der Waals surface area contributed by atoms with Crippen LogP contribution in [0.15, 0.2) is 29.6 Å². The zero-order valence-electron chi connectivity index (χ0n) is 11.2. The summed E-state index contributed by atoms with van der Waals surface area (Å²) in [7, 11) is 0. The van der Waals surface area contributed by atoms with Gasteiger partial charge in [-0.3, -0.25) is 4.79 Å². The van der Waals surface area contributed by atoms with Crippen LogP contribution in [0, 0.1) is 0 Å². The summed E-state index contributed by atoms with van der Waals surface area (Å²) < 4.78 is 0. The fraction of sp³-hybridized carbons (Fsp3) is 0.214. The van der Waals surface area contributed by atoms with Crippen LogP contribution in [0.2, 0.25) is 0 Å². The highest BCUT2D eigenvalue weighted by molar-refractivity contribution is 7.13. The Balaban J connectivity index is 1.84. The number of nitrogen functional groups attached to an aromatic ring is 1. The monoisotopic (exact) mass is 305 g/mol. The van der Waals surface area contributed by atoms with Crippen LogP contribution in [0.1, 0.15) is 21.6 Å². The molecule has 0 radical (unpaired) electrons. The van der Waals surface area contributed by atoms with Gasteiger partial charge in [-0.2, -0.15) is 0 Å². The number of carbonyl (C=O) groups excluding carboxylic acids is 1. The molecule has 0 spiro atoms. The largest absolute Gasteiger partial charge is 0.478 e. The van der Waals surface area contributed by atoms with Gasteiger partial charge in [-0.15, -0.1) is 11.3 Å². The number of benzene rings is 1. The highest BCUT2D eigenvalue weighted by Gasteiger charge is 2.10. The number of carboxylic acids is 1. The van der Waals surface area contributed by atoms with E-state index in [-0.39, 0.29) is 17.9 Å². The number of hydrogen-bond donors (Lipinski definition) is 3. The molecular formula is C14H15N3O3S. The van der Waals surface area contributed by atoms with Gasteiger partial charge in [-0.1, -0.05) is 18.2 Å². The number of amides is 1. The van der Waals surface area contributed by atoms with Crippen molar-refractivity contribution in [2.45, 2.75) is 12.8 Å². The maximum atomic E-state index is 11.7. The summed E-state index contributed by atoms with van der Waals surface area (Å²) in [5.74, 6) is -1.12. The topological polar surface area (TPSA) is 105 Å². The van der Waals surface area contributed by atoms with E-state index in [2.05, 4.69) is 10.3 Å². The first-order chi connectivity index (χ1) is 10.1. The van der Waals surface area contributed by atoms with E-state index in [1.807, 2.05) is 0 Å². The van der Waals surface area contributed by atoms with Crippen molar-refractivity contribution in [3.05, 3.63) is 46.5 Å². The van der Waals surface area contributed by atoms with Crippen LogP contribution in [0.3, 0.4) is 0 Å². The molecule has 1 heterocycles. The minimum Gasteiger partial charge on any atom is -0.478 e. The minimum absolute atomic E-state index is 0.159. The standard InChI is InChI=1S/C14H15N3O3S/c15-14-17-10(8-21-14)7-12(18)16-6-5-9-3-1-2-4-11(9)13(19)20/h1-4,8H,5-7H2,(H2,15,17)(H,16,18)(H,19,20). The van der Waals surface area contributed by atoms with Crippen molar-refractivity contribution < 1.29 is 14.7 Å².